The molecule has 164 valence electrons. The van der Waals surface area contributed by atoms with Crippen LogP contribution in [0, 0.1) is 5.41 Å². The summed E-state index contributed by atoms with van der Waals surface area (Å²) >= 11 is 0. The fourth-order valence-corrected chi connectivity index (χ4v) is 5.20. The highest BCUT2D eigenvalue weighted by molar-refractivity contribution is 14.0. The zero-order chi connectivity index (χ0) is 19.1. The van der Waals surface area contributed by atoms with Crippen LogP contribution in [0.25, 0.3) is 0 Å². The molecule has 1 heterocycles. The number of rotatable bonds is 8. The molecule has 0 bridgehead atoms. The molecule has 1 aliphatic heterocycles. The number of hydrogen-bond acceptors (Lipinski definition) is 4. The van der Waals surface area contributed by atoms with Crippen LogP contribution in [0.2, 0.25) is 0 Å². The van der Waals surface area contributed by atoms with E-state index in [2.05, 4.69) is 29.4 Å². The van der Waals surface area contributed by atoms with Gasteiger partial charge in [-0.2, -0.15) is 0 Å². The van der Waals surface area contributed by atoms with E-state index in [4.69, 9.17) is 9.73 Å². The molecule has 6 nitrogen and oxygen atoms in total. The van der Waals surface area contributed by atoms with Crippen molar-refractivity contribution in [1.82, 2.24) is 15.5 Å². The summed E-state index contributed by atoms with van der Waals surface area (Å²) in [7, 11) is 0. The largest absolute Gasteiger partial charge is 0.393 e. The fourth-order valence-electron chi connectivity index (χ4n) is 5.20. The molecular weight excluding hydrogens is 467 g/mol. The molecule has 7 heteroatoms. The summed E-state index contributed by atoms with van der Waals surface area (Å²) in [6.07, 6.45) is 9.59. The van der Waals surface area contributed by atoms with E-state index in [1.807, 2.05) is 0 Å². The standard InChI is InChI=1S/C21H40N4O2.HI/c1-3-22-20(23-12-7-13-25-14-8-17(26)9-15-25)24-18-16-19(27-4-2)21(18)10-5-6-11-21;/h17-19,26H,3-16H2,1-2H3,(H2,22,23,24);1H. The number of halogens is 1. The van der Waals surface area contributed by atoms with E-state index >= 15 is 0 Å². The molecule has 3 rings (SSSR count). The lowest BCUT2D eigenvalue weighted by Crippen LogP contribution is -2.65. The Kier molecular flexibility index (Phi) is 10.3. The first-order valence-electron chi connectivity index (χ1n) is 11.2. The molecule has 3 aliphatic rings. The zero-order valence-corrected chi connectivity index (χ0v) is 20.1. The molecule has 2 unspecified atom stereocenters. The maximum atomic E-state index is 9.61. The number of ether oxygens (including phenoxy) is 1. The quantitative estimate of drug-likeness (QED) is 0.204. The average Bonchev–Trinajstić information content (AvgIpc) is 3.19. The number of nitrogens with zero attached hydrogens (tertiary/aromatic N) is 2. The first kappa shape index (κ1) is 24.2. The number of aliphatic hydroxyl groups is 1. The second-order valence-electron chi connectivity index (χ2n) is 8.50. The van der Waals surface area contributed by atoms with Crippen molar-refractivity contribution in [2.75, 3.05) is 39.3 Å². The van der Waals surface area contributed by atoms with E-state index in [0.717, 1.165) is 71.0 Å². The minimum Gasteiger partial charge on any atom is -0.393 e. The summed E-state index contributed by atoms with van der Waals surface area (Å²) in [6, 6.07) is 0.498. The van der Waals surface area contributed by atoms with E-state index in [1.165, 1.54) is 25.7 Å². The lowest BCUT2D eigenvalue weighted by Gasteiger charge is -2.54. The van der Waals surface area contributed by atoms with Gasteiger partial charge in [-0.05, 0) is 58.9 Å². The number of nitrogens with one attached hydrogen (secondary N) is 2. The summed E-state index contributed by atoms with van der Waals surface area (Å²) in [6.45, 7) is 9.92. The third-order valence-electron chi connectivity index (χ3n) is 6.80. The van der Waals surface area contributed by atoms with Gasteiger partial charge in [0.1, 0.15) is 0 Å². The summed E-state index contributed by atoms with van der Waals surface area (Å²) in [5.41, 5.74) is 0.334. The van der Waals surface area contributed by atoms with Crippen LogP contribution in [0.15, 0.2) is 4.99 Å². The van der Waals surface area contributed by atoms with Crippen molar-refractivity contribution in [2.45, 2.75) is 83.5 Å². The summed E-state index contributed by atoms with van der Waals surface area (Å²) in [4.78, 5) is 7.29. The molecule has 1 spiro atoms. The Balaban J connectivity index is 0.00000280. The van der Waals surface area contributed by atoms with Gasteiger partial charge in [-0.25, -0.2) is 0 Å². The van der Waals surface area contributed by atoms with Gasteiger partial charge in [0, 0.05) is 44.2 Å². The molecule has 1 saturated heterocycles. The van der Waals surface area contributed by atoms with E-state index in [0.29, 0.717) is 17.6 Å². The lowest BCUT2D eigenvalue weighted by molar-refractivity contribution is -0.125. The van der Waals surface area contributed by atoms with Crippen molar-refractivity contribution in [3.63, 3.8) is 0 Å². The molecule has 0 aromatic rings. The van der Waals surface area contributed by atoms with Crippen molar-refractivity contribution in [3.05, 3.63) is 0 Å². The second-order valence-corrected chi connectivity index (χ2v) is 8.50. The van der Waals surface area contributed by atoms with E-state index < -0.39 is 0 Å². The maximum absolute atomic E-state index is 9.61. The van der Waals surface area contributed by atoms with Crippen LogP contribution < -0.4 is 10.6 Å². The fraction of sp³-hybridized carbons (Fsp3) is 0.952. The third-order valence-corrected chi connectivity index (χ3v) is 6.80. The Labute approximate surface area is 188 Å². The minimum absolute atomic E-state index is 0. The molecular formula is C21H41IN4O2. The maximum Gasteiger partial charge on any atom is 0.191 e. The van der Waals surface area contributed by atoms with E-state index in [9.17, 15) is 5.11 Å². The molecule has 0 amide bonds. The number of aliphatic imine (C=N–C) groups is 1. The number of likely N-dealkylation sites (tertiary alicyclic amines) is 1. The van der Waals surface area contributed by atoms with Gasteiger partial charge in [-0.3, -0.25) is 4.99 Å². The molecule has 28 heavy (non-hydrogen) atoms. The van der Waals surface area contributed by atoms with Crippen molar-refractivity contribution in [1.29, 1.82) is 0 Å². The van der Waals surface area contributed by atoms with E-state index in [-0.39, 0.29) is 30.1 Å². The zero-order valence-electron chi connectivity index (χ0n) is 17.8. The first-order chi connectivity index (χ1) is 13.2. The minimum atomic E-state index is -0.0882. The Morgan fingerprint density at radius 1 is 1.21 bits per heavy atom. The normalized spacial score (nSPS) is 28.0. The van der Waals surface area contributed by atoms with Gasteiger partial charge in [-0.1, -0.05) is 12.8 Å². The second kappa shape index (κ2) is 11.9. The highest BCUT2D eigenvalue weighted by Crippen LogP contribution is 2.54. The van der Waals surface area contributed by atoms with Gasteiger partial charge in [-0.15, -0.1) is 24.0 Å². The molecule has 0 radical (unpaired) electrons. The van der Waals surface area contributed by atoms with Crippen LogP contribution in [0.1, 0.15) is 65.2 Å². The number of hydrogen-bond donors (Lipinski definition) is 3. The highest BCUT2D eigenvalue weighted by Gasteiger charge is 2.56. The van der Waals surface area contributed by atoms with Gasteiger partial charge in [0.2, 0.25) is 0 Å². The van der Waals surface area contributed by atoms with E-state index in [1.54, 1.807) is 0 Å². The van der Waals surface area contributed by atoms with Crippen LogP contribution in [0.3, 0.4) is 0 Å². The molecule has 2 atom stereocenters. The van der Waals surface area contributed by atoms with Gasteiger partial charge in [0.25, 0.3) is 0 Å². The Bertz CT molecular complexity index is 477. The Hall–Kier alpha value is -0.120. The van der Waals surface area contributed by atoms with Gasteiger partial charge in [0.15, 0.2) is 5.96 Å². The molecule has 0 aromatic carbocycles. The van der Waals surface area contributed by atoms with Crippen LogP contribution in [-0.4, -0.2) is 73.5 Å². The van der Waals surface area contributed by atoms with Gasteiger partial charge < -0.3 is 25.4 Å². The predicted molar refractivity (Wildman–Crippen MR) is 126 cm³/mol. The van der Waals surface area contributed by atoms with Crippen molar-refractivity contribution >= 4 is 29.9 Å². The summed E-state index contributed by atoms with van der Waals surface area (Å²) in [5, 5.41) is 16.8. The van der Waals surface area contributed by atoms with Gasteiger partial charge >= 0.3 is 0 Å². The van der Waals surface area contributed by atoms with Crippen molar-refractivity contribution in [2.24, 2.45) is 10.4 Å². The smallest absolute Gasteiger partial charge is 0.191 e. The van der Waals surface area contributed by atoms with Crippen LogP contribution >= 0.6 is 24.0 Å². The highest BCUT2D eigenvalue weighted by atomic mass is 127. The van der Waals surface area contributed by atoms with Crippen LogP contribution in [-0.2, 0) is 4.74 Å². The summed E-state index contributed by atoms with van der Waals surface area (Å²) in [5.74, 6) is 0.970. The van der Waals surface area contributed by atoms with Crippen LogP contribution in [0.4, 0.5) is 0 Å². The number of guanidine groups is 1. The third kappa shape index (κ3) is 5.95. The monoisotopic (exact) mass is 508 g/mol. The topological polar surface area (TPSA) is 69.1 Å². The number of aliphatic hydroxyl groups excluding tert-OH is 1. The average molecular weight is 508 g/mol. The molecule has 3 N–H and O–H groups in total. The summed E-state index contributed by atoms with van der Waals surface area (Å²) < 4.78 is 6.04. The number of piperidine rings is 1. The molecule has 0 aromatic heterocycles. The van der Waals surface area contributed by atoms with Crippen molar-refractivity contribution < 1.29 is 9.84 Å². The van der Waals surface area contributed by atoms with Crippen LogP contribution in [0.5, 0.6) is 0 Å². The lowest BCUT2D eigenvalue weighted by atomic mass is 9.60. The Morgan fingerprint density at radius 2 is 1.93 bits per heavy atom. The molecule has 3 fully saturated rings. The molecule has 2 saturated carbocycles. The van der Waals surface area contributed by atoms with Crippen molar-refractivity contribution in [3.8, 4) is 0 Å². The Morgan fingerprint density at radius 3 is 2.57 bits per heavy atom. The predicted octanol–water partition coefficient (Wildman–Crippen LogP) is 2.74. The van der Waals surface area contributed by atoms with Gasteiger partial charge in [0.05, 0.1) is 12.2 Å². The molecule has 2 aliphatic carbocycles. The first-order valence-corrected chi connectivity index (χ1v) is 11.2. The SMILES string of the molecule is CCNC(=NCCCN1CCC(O)CC1)NC1CC(OCC)C12CCCC2.I.